The molecule has 0 radical (unpaired) electrons. The van der Waals surface area contributed by atoms with E-state index in [1.807, 2.05) is 25.1 Å². The number of benzene rings is 3. The third kappa shape index (κ3) is 6.35. The third-order valence-electron chi connectivity index (χ3n) is 8.86. The Balaban J connectivity index is 0.00000386. The molecule has 0 spiro atoms. The molecule has 1 aromatic heterocycles. The number of carboxylic acids is 1. The molecule has 4 aromatic rings. The molecule has 3 aliphatic rings. The van der Waals surface area contributed by atoms with Gasteiger partial charge in [-0.15, -0.1) is 11.3 Å². The van der Waals surface area contributed by atoms with E-state index in [1.54, 1.807) is 6.08 Å². The number of hydrogen-bond donors (Lipinski definition) is 0. The largest absolute Gasteiger partial charge is 1.00 e. The molecule has 7 nitrogen and oxygen atoms in total. The Morgan fingerprint density at radius 1 is 1.00 bits per heavy atom. The van der Waals surface area contributed by atoms with Crippen LogP contribution in [0.4, 0.5) is 5.69 Å². The van der Waals surface area contributed by atoms with Crippen LogP contribution in [0, 0.1) is 0 Å². The second-order valence-corrected chi connectivity index (χ2v) is 14.2. The minimum Gasteiger partial charge on any atom is -0.548 e. The minimum atomic E-state index is -1.40. The summed E-state index contributed by atoms with van der Waals surface area (Å²) in [5, 5.41) is 11.6. The van der Waals surface area contributed by atoms with Crippen LogP contribution >= 0.6 is 35.3 Å². The Morgan fingerprint density at radius 2 is 1.68 bits per heavy atom. The molecule has 1 amide bonds. The maximum atomic E-state index is 13.5. The average molecular weight is 688 g/mol. The number of anilines is 1. The van der Waals surface area contributed by atoms with Crippen molar-refractivity contribution in [2.24, 2.45) is 0 Å². The van der Waals surface area contributed by atoms with Crippen LogP contribution in [0.3, 0.4) is 0 Å². The average Bonchev–Trinajstić information content (AvgIpc) is 3.80. The van der Waals surface area contributed by atoms with E-state index in [9.17, 15) is 19.5 Å². The predicted octanol–water partition coefficient (Wildman–Crippen LogP) is 1.03. The van der Waals surface area contributed by atoms with Gasteiger partial charge in [0.05, 0.1) is 17.0 Å². The molecule has 0 bridgehead atoms. The summed E-state index contributed by atoms with van der Waals surface area (Å²) >= 11 is 7.57. The summed E-state index contributed by atoms with van der Waals surface area (Å²) in [6.45, 7) is 1.57. The number of thiazole rings is 1. The Labute approximate surface area is 308 Å². The van der Waals surface area contributed by atoms with Crippen molar-refractivity contribution in [3.8, 4) is 0 Å². The van der Waals surface area contributed by atoms with Crippen molar-refractivity contribution in [2.75, 3.05) is 11.4 Å². The number of thiocarbonyl (C=S) groups is 1. The van der Waals surface area contributed by atoms with Crippen molar-refractivity contribution in [2.45, 2.75) is 44.7 Å². The first-order chi connectivity index (χ1) is 22.3. The van der Waals surface area contributed by atoms with Gasteiger partial charge < -0.3 is 14.8 Å². The smallest absolute Gasteiger partial charge is 0.548 e. The summed E-state index contributed by atoms with van der Waals surface area (Å²) in [5.41, 5.74) is 6.27. The van der Waals surface area contributed by atoms with E-state index in [1.165, 1.54) is 10.5 Å². The molecule has 0 N–H and O–H groups in total. The number of carbonyl (C=O) groups excluding carboxylic acids is 2. The number of aromatic nitrogens is 1. The quantitative estimate of drug-likeness (QED) is 0.212. The van der Waals surface area contributed by atoms with Gasteiger partial charge in [0.1, 0.15) is 13.9 Å². The number of fused-ring (bicyclic) bond motifs is 3. The van der Waals surface area contributed by atoms with Crippen LogP contribution in [0.25, 0.3) is 16.6 Å². The monoisotopic (exact) mass is 687 g/mol. The second-order valence-electron chi connectivity index (χ2n) is 11.5. The Bertz CT molecular complexity index is 2050. The number of nitrogens with zero attached hydrogens (tertiary/aromatic N) is 3. The summed E-state index contributed by atoms with van der Waals surface area (Å²) < 4.78 is 2.15. The number of rotatable bonds is 7. The molecule has 2 unspecified atom stereocenters. The maximum Gasteiger partial charge on any atom is 1.00 e. The molecule has 2 fully saturated rings. The predicted molar refractivity (Wildman–Crippen MR) is 187 cm³/mol. The molecule has 7 rings (SSSR count). The topological polar surface area (TPSA) is 85.7 Å². The summed E-state index contributed by atoms with van der Waals surface area (Å²) in [7, 11) is 0. The number of hydrogen-bond acceptors (Lipinski definition) is 8. The fourth-order valence-electron chi connectivity index (χ4n) is 6.78. The molecule has 11 heteroatoms. The number of amides is 1. The van der Waals surface area contributed by atoms with Gasteiger partial charge in [-0.05, 0) is 60.2 Å². The van der Waals surface area contributed by atoms with Crippen molar-refractivity contribution in [3.63, 3.8) is 0 Å². The first-order valence-electron chi connectivity index (χ1n) is 15.3. The Hall–Kier alpha value is -3.25. The molecule has 232 valence electrons. The summed E-state index contributed by atoms with van der Waals surface area (Å²) in [5.74, 6) is -1.35. The van der Waals surface area contributed by atoms with Gasteiger partial charge >= 0.3 is 29.6 Å². The standard InChI is InChI=1S/C36H31N3O4S3.Na/c1-2-37-34(43)32(46-36(37)44)35-39(21-31(40)41)33(42)30(45-35)19-22-16-17-29-26(18-22)25-14-9-15-28(25)38(29)20-27(23-10-5-3-6-11-23)24-12-7-4-8-13-24;/h3-8,10-13,16-20,25,28H,2,9,14-15,21H2,1H3,(H,40,41);/q;+1/p-1/b30-19+,35-32+;. The maximum absolute atomic E-state index is 13.5. The summed E-state index contributed by atoms with van der Waals surface area (Å²) in [4.78, 5) is 42.4. The van der Waals surface area contributed by atoms with E-state index in [4.69, 9.17) is 12.2 Å². The van der Waals surface area contributed by atoms with E-state index >= 15 is 0 Å². The van der Waals surface area contributed by atoms with E-state index in [0.29, 0.717) is 27.4 Å². The van der Waals surface area contributed by atoms with Gasteiger partial charge in [0, 0.05) is 36.0 Å². The van der Waals surface area contributed by atoms with Crippen LogP contribution in [-0.2, 0) is 16.1 Å². The minimum absolute atomic E-state index is 0. The summed E-state index contributed by atoms with van der Waals surface area (Å²) in [6.07, 6.45) is 7.41. The Kier molecular flexibility index (Phi) is 10.1. The van der Waals surface area contributed by atoms with Crippen molar-refractivity contribution in [3.05, 3.63) is 127 Å². The van der Waals surface area contributed by atoms with Gasteiger partial charge in [-0.1, -0.05) is 97.1 Å². The van der Waals surface area contributed by atoms with Crippen LogP contribution in [0.15, 0.2) is 89.9 Å². The van der Waals surface area contributed by atoms with Crippen LogP contribution in [0.1, 0.15) is 54.4 Å². The second kappa shape index (κ2) is 14.1. The first kappa shape index (κ1) is 33.6. The molecular formula is C36H30N3NaO4S3. The molecule has 1 saturated heterocycles. The van der Waals surface area contributed by atoms with E-state index < -0.39 is 18.1 Å². The molecular weight excluding hydrogens is 658 g/mol. The van der Waals surface area contributed by atoms with Crippen molar-refractivity contribution in [1.82, 2.24) is 9.47 Å². The SMILES string of the molecule is CCN1C(=O)/C(=c2\s/c(=C/c3ccc4c(c3)C3CCCC3N4C=C(c3ccccc3)c3ccccc3)c(=O)n2CC(=O)[O-])SC1=S.[Na+]. The van der Waals surface area contributed by atoms with Crippen molar-refractivity contribution >= 4 is 73.8 Å². The third-order valence-corrected chi connectivity index (χ3v) is 11.6. The van der Waals surface area contributed by atoms with Crippen LogP contribution in [0.2, 0.25) is 0 Å². The van der Waals surface area contributed by atoms with Crippen molar-refractivity contribution in [1.29, 1.82) is 0 Å². The van der Waals surface area contributed by atoms with E-state index in [0.717, 1.165) is 74.9 Å². The zero-order chi connectivity index (χ0) is 31.9. The Morgan fingerprint density at radius 3 is 2.30 bits per heavy atom. The number of thioether (sulfide) groups is 1. The van der Waals surface area contributed by atoms with Gasteiger partial charge in [-0.3, -0.25) is 19.1 Å². The van der Waals surface area contributed by atoms with Gasteiger partial charge in [0.2, 0.25) is 0 Å². The van der Waals surface area contributed by atoms with Gasteiger partial charge in [0.15, 0.2) is 0 Å². The van der Waals surface area contributed by atoms with Gasteiger partial charge in [0.25, 0.3) is 11.5 Å². The molecule has 3 heterocycles. The molecule has 1 aliphatic carbocycles. The van der Waals surface area contributed by atoms with Gasteiger partial charge in [-0.25, -0.2) is 0 Å². The molecule has 2 aliphatic heterocycles. The normalized spacial score (nSPS) is 19.9. The number of carboxylic acid groups (broad SMARTS) is 1. The first-order valence-corrected chi connectivity index (χ1v) is 17.3. The van der Waals surface area contributed by atoms with Gasteiger partial charge in [-0.2, -0.15) is 0 Å². The van der Waals surface area contributed by atoms with Crippen LogP contribution in [0.5, 0.6) is 0 Å². The zero-order valence-electron chi connectivity index (χ0n) is 26.0. The number of aliphatic carboxylic acids is 1. The van der Waals surface area contributed by atoms with Crippen molar-refractivity contribution < 1.29 is 44.3 Å². The van der Waals surface area contributed by atoms with E-state index in [-0.39, 0.29) is 45.0 Å². The fraction of sp³-hybridized carbons (Fsp3) is 0.222. The molecule has 2 atom stereocenters. The molecule has 1 saturated carbocycles. The summed E-state index contributed by atoms with van der Waals surface area (Å²) in [6, 6.07) is 27.5. The van der Waals surface area contributed by atoms with Crippen LogP contribution < -0.4 is 54.3 Å². The number of carbonyl (C=O) groups is 2. The van der Waals surface area contributed by atoms with E-state index in [2.05, 4.69) is 71.8 Å². The van der Waals surface area contributed by atoms with Crippen LogP contribution in [-0.4, -0.2) is 38.3 Å². The molecule has 3 aromatic carbocycles. The fourth-order valence-corrected chi connectivity index (χ4v) is 9.42. The zero-order valence-corrected chi connectivity index (χ0v) is 30.5. The molecule has 47 heavy (non-hydrogen) atoms.